The normalized spacial score (nSPS) is 15.2. The highest BCUT2D eigenvalue weighted by molar-refractivity contribution is 8.93. The average molecular weight is 532 g/mol. The van der Waals surface area contributed by atoms with Gasteiger partial charge in [-0.3, -0.25) is 4.57 Å². The molecular formula is C25H21BrCl2N2S. The van der Waals surface area contributed by atoms with Gasteiger partial charge in [-0.05, 0) is 54.8 Å². The quantitative estimate of drug-likeness (QED) is 0.253. The van der Waals surface area contributed by atoms with E-state index in [2.05, 4.69) is 40.3 Å². The van der Waals surface area contributed by atoms with Crippen LogP contribution in [0.4, 0.5) is 5.69 Å². The summed E-state index contributed by atoms with van der Waals surface area (Å²) in [7, 11) is 0. The second-order valence-electron chi connectivity index (χ2n) is 7.59. The molecule has 0 atom stereocenters. The van der Waals surface area contributed by atoms with Crippen LogP contribution in [0.2, 0.25) is 10.0 Å². The molecule has 1 saturated carbocycles. The lowest BCUT2D eigenvalue weighted by Crippen LogP contribution is -2.38. The number of benzene rings is 3. The number of hydrogen-bond acceptors (Lipinski definition) is 2. The Balaban J connectivity index is 0.00000231. The predicted octanol–water partition coefficient (Wildman–Crippen LogP) is 8.13. The van der Waals surface area contributed by atoms with Gasteiger partial charge < -0.3 is 0 Å². The minimum absolute atomic E-state index is 0. The lowest BCUT2D eigenvalue weighted by atomic mass is 9.62. The number of nitrogens with zero attached hydrogens (tertiary/aromatic N) is 2. The Hall–Kier alpha value is -1.85. The highest BCUT2D eigenvalue weighted by Gasteiger charge is 2.43. The molecule has 0 amide bonds. The van der Waals surface area contributed by atoms with Gasteiger partial charge >= 0.3 is 0 Å². The molecule has 0 N–H and O–H groups in total. The van der Waals surface area contributed by atoms with Crippen molar-refractivity contribution in [2.75, 3.05) is 0 Å². The molecule has 0 aliphatic heterocycles. The van der Waals surface area contributed by atoms with Gasteiger partial charge in [0.15, 0.2) is 4.80 Å². The molecule has 1 fully saturated rings. The third kappa shape index (κ3) is 4.14. The SMILES string of the molecule is Br.Clc1ccc(C2(c3cs/c(=N/c4ccccc4)n3-c3ccccc3)CCC2)cc1Cl. The Morgan fingerprint density at radius 1 is 0.839 bits per heavy atom. The molecule has 158 valence electrons. The molecule has 1 aromatic heterocycles. The van der Waals surface area contributed by atoms with Crippen LogP contribution in [0.1, 0.15) is 30.5 Å². The van der Waals surface area contributed by atoms with Crippen LogP contribution < -0.4 is 4.80 Å². The van der Waals surface area contributed by atoms with Gasteiger partial charge in [0.25, 0.3) is 0 Å². The van der Waals surface area contributed by atoms with E-state index in [1.165, 1.54) is 17.7 Å². The van der Waals surface area contributed by atoms with Crippen LogP contribution in [-0.4, -0.2) is 4.57 Å². The number of hydrogen-bond donors (Lipinski definition) is 0. The summed E-state index contributed by atoms with van der Waals surface area (Å²) in [4.78, 5) is 5.94. The lowest BCUT2D eigenvalue weighted by molar-refractivity contribution is 0.289. The maximum Gasteiger partial charge on any atom is 0.194 e. The first-order valence-corrected chi connectivity index (χ1v) is 11.6. The Bertz CT molecular complexity index is 1250. The van der Waals surface area contributed by atoms with Gasteiger partial charge in [-0.15, -0.1) is 28.3 Å². The van der Waals surface area contributed by atoms with Gasteiger partial charge in [0.2, 0.25) is 0 Å². The maximum absolute atomic E-state index is 6.40. The fraction of sp³-hybridized carbons (Fsp3) is 0.160. The van der Waals surface area contributed by atoms with Gasteiger partial charge in [-0.1, -0.05) is 72.1 Å². The molecule has 0 saturated heterocycles. The largest absolute Gasteiger partial charge is 0.289 e. The summed E-state index contributed by atoms with van der Waals surface area (Å²) in [5, 5.41) is 3.46. The van der Waals surface area contributed by atoms with E-state index in [1.807, 2.05) is 48.5 Å². The van der Waals surface area contributed by atoms with Crippen LogP contribution in [0.15, 0.2) is 89.2 Å². The number of aromatic nitrogens is 1. The molecule has 6 heteroatoms. The molecular weight excluding hydrogens is 511 g/mol. The zero-order valence-electron chi connectivity index (χ0n) is 16.7. The van der Waals surface area contributed by atoms with E-state index in [0.29, 0.717) is 10.0 Å². The summed E-state index contributed by atoms with van der Waals surface area (Å²) in [6, 6.07) is 26.6. The molecule has 31 heavy (non-hydrogen) atoms. The average Bonchev–Trinajstić information content (AvgIpc) is 3.15. The highest BCUT2D eigenvalue weighted by Crippen LogP contribution is 2.50. The topological polar surface area (TPSA) is 17.3 Å². The number of rotatable bonds is 4. The summed E-state index contributed by atoms with van der Waals surface area (Å²) in [5.74, 6) is 0. The smallest absolute Gasteiger partial charge is 0.194 e. The van der Waals surface area contributed by atoms with Crippen LogP contribution in [0, 0.1) is 0 Å². The number of para-hydroxylation sites is 2. The Kier molecular flexibility index (Phi) is 6.73. The molecule has 1 heterocycles. The maximum atomic E-state index is 6.40. The fourth-order valence-electron chi connectivity index (χ4n) is 4.18. The zero-order chi connectivity index (χ0) is 20.6. The van der Waals surface area contributed by atoms with E-state index in [0.717, 1.165) is 29.0 Å². The summed E-state index contributed by atoms with van der Waals surface area (Å²) in [5.41, 5.74) is 4.47. The van der Waals surface area contributed by atoms with Gasteiger partial charge in [0, 0.05) is 22.2 Å². The van der Waals surface area contributed by atoms with E-state index >= 15 is 0 Å². The second kappa shape index (κ2) is 9.33. The molecule has 0 bridgehead atoms. The summed E-state index contributed by atoms with van der Waals surface area (Å²) >= 11 is 14.3. The molecule has 4 aromatic rings. The van der Waals surface area contributed by atoms with E-state index in [1.54, 1.807) is 11.3 Å². The van der Waals surface area contributed by atoms with Crippen molar-refractivity contribution in [3.63, 3.8) is 0 Å². The van der Waals surface area contributed by atoms with E-state index in [-0.39, 0.29) is 22.4 Å². The standard InChI is InChI=1S/C25H20Cl2N2S.BrH/c26-21-13-12-18(16-22(21)27)25(14-7-15-25)23-17-30-24(28-19-8-3-1-4-9-19)29(23)20-10-5-2-6-11-20;/h1-6,8-13,16-17H,7,14-15H2;1H/b28-24+;. The van der Waals surface area contributed by atoms with E-state index in [4.69, 9.17) is 28.2 Å². The Morgan fingerprint density at radius 2 is 1.52 bits per heavy atom. The second-order valence-corrected chi connectivity index (χ2v) is 9.24. The van der Waals surface area contributed by atoms with Gasteiger partial charge in [-0.2, -0.15) is 0 Å². The van der Waals surface area contributed by atoms with Crippen molar-refractivity contribution in [2.45, 2.75) is 24.7 Å². The Labute approximate surface area is 206 Å². The molecule has 0 radical (unpaired) electrons. The van der Waals surface area contributed by atoms with Crippen molar-refractivity contribution in [1.82, 2.24) is 4.57 Å². The highest BCUT2D eigenvalue weighted by atomic mass is 79.9. The van der Waals surface area contributed by atoms with Crippen LogP contribution in [0.3, 0.4) is 0 Å². The van der Waals surface area contributed by atoms with Crippen molar-refractivity contribution >= 4 is 57.2 Å². The molecule has 0 unspecified atom stereocenters. The van der Waals surface area contributed by atoms with E-state index in [9.17, 15) is 0 Å². The van der Waals surface area contributed by atoms with Crippen LogP contribution in [0.25, 0.3) is 5.69 Å². The van der Waals surface area contributed by atoms with Crippen LogP contribution in [-0.2, 0) is 5.41 Å². The fourth-order valence-corrected chi connectivity index (χ4v) is 5.49. The van der Waals surface area contributed by atoms with Gasteiger partial charge in [0.05, 0.1) is 15.7 Å². The third-order valence-corrected chi connectivity index (χ3v) is 7.44. The van der Waals surface area contributed by atoms with Crippen molar-refractivity contribution in [3.8, 4) is 5.69 Å². The van der Waals surface area contributed by atoms with Crippen LogP contribution >= 0.6 is 51.5 Å². The summed E-state index contributed by atoms with van der Waals surface area (Å²) < 4.78 is 2.30. The van der Waals surface area contributed by atoms with E-state index < -0.39 is 0 Å². The van der Waals surface area contributed by atoms with Crippen molar-refractivity contribution in [1.29, 1.82) is 0 Å². The minimum atomic E-state index is -0.0783. The van der Waals surface area contributed by atoms with Crippen molar-refractivity contribution < 1.29 is 0 Å². The van der Waals surface area contributed by atoms with Crippen molar-refractivity contribution in [2.24, 2.45) is 4.99 Å². The zero-order valence-corrected chi connectivity index (χ0v) is 20.7. The lowest BCUT2D eigenvalue weighted by Gasteiger charge is -2.43. The summed E-state index contributed by atoms with van der Waals surface area (Å²) in [6.07, 6.45) is 3.36. The summed E-state index contributed by atoms with van der Waals surface area (Å²) in [6.45, 7) is 0. The molecule has 1 aliphatic rings. The van der Waals surface area contributed by atoms with Gasteiger partial charge in [0.1, 0.15) is 0 Å². The predicted molar refractivity (Wildman–Crippen MR) is 137 cm³/mol. The number of thiazole rings is 1. The molecule has 3 aromatic carbocycles. The molecule has 2 nitrogen and oxygen atoms in total. The molecule has 0 spiro atoms. The monoisotopic (exact) mass is 530 g/mol. The first kappa shape index (κ1) is 22.3. The third-order valence-electron chi connectivity index (χ3n) is 5.87. The first-order chi connectivity index (χ1) is 14.7. The molecule has 5 rings (SSSR count). The van der Waals surface area contributed by atoms with Gasteiger partial charge in [-0.25, -0.2) is 4.99 Å². The minimum Gasteiger partial charge on any atom is -0.289 e. The van der Waals surface area contributed by atoms with Crippen LogP contribution in [0.5, 0.6) is 0 Å². The number of halogens is 3. The van der Waals surface area contributed by atoms with Crippen molar-refractivity contribution in [3.05, 3.63) is 110 Å². The Morgan fingerprint density at radius 3 is 2.13 bits per heavy atom. The molecule has 1 aliphatic carbocycles. The first-order valence-electron chi connectivity index (χ1n) is 9.99.